The molecule has 264 valence electrons. The molecule has 0 saturated carbocycles. The number of nitriles is 2. The maximum atomic E-state index is 10.1. The second-order valence-corrected chi connectivity index (χ2v) is 15.6. The zero-order chi connectivity index (χ0) is 38.1. The SMILES string of the molecule is N#Cc1ccc(-c2cc(C#N)cc3sc4ccc5c(c4c23)-c2ccccc2C5(c2ccccc2)c2ccc(-c3nc4ccccc4n3-c3ccccc3)cc2)cc1. The Morgan fingerprint density at radius 1 is 0.509 bits per heavy atom. The van der Waals surface area contributed by atoms with Crippen LogP contribution in [0.2, 0.25) is 0 Å². The molecule has 11 rings (SSSR count). The van der Waals surface area contributed by atoms with Gasteiger partial charge in [0, 0.05) is 31.4 Å². The predicted octanol–water partition coefficient (Wildman–Crippen LogP) is 12.8. The lowest BCUT2D eigenvalue weighted by Gasteiger charge is -2.34. The number of benzene rings is 8. The van der Waals surface area contributed by atoms with Crippen molar-refractivity contribution >= 4 is 42.5 Å². The average molecular weight is 743 g/mol. The molecular weight excluding hydrogens is 713 g/mol. The summed E-state index contributed by atoms with van der Waals surface area (Å²) in [6, 6.07) is 68.5. The Balaban J connectivity index is 1.19. The monoisotopic (exact) mass is 742 g/mol. The molecule has 4 nitrogen and oxygen atoms in total. The minimum atomic E-state index is -0.616. The average Bonchev–Trinajstić information content (AvgIpc) is 3.95. The van der Waals surface area contributed by atoms with Gasteiger partial charge < -0.3 is 0 Å². The lowest BCUT2D eigenvalue weighted by atomic mass is 9.67. The van der Waals surface area contributed by atoms with E-state index in [1.54, 1.807) is 11.3 Å². The van der Waals surface area contributed by atoms with E-state index in [1.807, 2.05) is 48.5 Å². The first kappa shape index (κ1) is 32.8. The summed E-state index contributed by atoms with van der Waals surface area (Å²) in [5.41, 5.74) is 13.9. The fourth-order valence-corrected chi connectivity index (χ4v) is 10.4. The molecule has 0 saturated heterocycles. The number of hydrogen-bond acceptors (Lipinski definition) is 4. The second-order valence-electron chi connectivity index (χ2n) is 14.5. The Bertz CT molecular complexity index is 3290. The van der Waals surface area contributed by atoms with E-state index >= 15 is 0 Å². The third-order valence-electron chi connectivity index (χ3n) is 11.6. The zero-order valence-electron chi connectivity index (χ0n) is 30.5. The minimum absolute atomic E-state index is 0.604. The number of aromatic nitrogens is 2. The maximum absolute atomic E-state index is 10.1. The van der Waals surface area contributed by atoms with Crippen LogP contribution in [0.25, 0.3) is 70.5 Å². The van der Waals surface area contributed by atoms with Crippen molar-refractivity contribution in [3.8, 4) is 51.5 Å². The Kier molecular flexibility index (Phi) is 7.34. The Hall–Kier alpha value is -7.57. The molecule has 0 N–H and O–H groups in total. The molecular formula is C52H30N4S. The summed E-state index contributed by atoms with van der Waals surface area (Å²) in [5.74, 6) is 0.897. The van der Waals surface area contributed by atoms with Crippen molar-refractivity contribution in [2.45, 2.75) is 5.41 Å². The standard InChI is InChI=1S/C52H30N4S/c53-31-33-19-21-35(22-20-33)41-29-34(32-54)30-47-49(41)50-46(57-47)28-27-43-48(50)40-15-7-8-16-42(40)52(43,37-11-3-1-4-12-37)38-25-23-36(24-26-38)51-55-44-17-9-10-18-45(44)56(51)39-13-5-2-6-14-39/h1-30H. The molecule has 0 fully saturated rings. The summed E-state index contributed by atoms with van der Waals surface area (Å²) in [6.45, 7) is 0. The molecule has 1 unspecified atom stereocenters. The van der Waals surface area contributed by atoms with E-state index in [9.17, 15) is 10.5 Å². The van der Waals surface area contributed by atoms with Crippen LogP contribution >= 0.6 is 11.3 Å². The molecule has 0 aliphatic heterocycles. The summed E-state index contributed by atoms with van der Waals surface area (Å²) in [4.78, 5) is 5.17. The van der Waals surface area contributed by atoms with Gasteiger partial charge in [-0.15, -0.1) is 11.3 Å². The van der Waals surface area contributed by atoms with Crippen LogP contribution in [0.3, 0.4) is 0 Å². The van der Waals surface area contributed by atoms with Gasteiger partial charge in [-0.05, 0) is 99.1 Å². The highest BCUT2D eigenvalue weighted by Crippen LogP contribution is 2.60. The normalized spacial score (nSPS) is 14.4. The molecule has 0 spiro atoms. The first-order valence-corrected chi connectivity index (χ1v) is 19.7. The van der Waals surface area contributed by atoms with Crippen LogP contribution in [0, 0.1) is 22.7 Å². The number of fused-ring (bicyclic) bond motifs is 8. The topological polar surface area (TPSA) is 65.4 Å². The number of rotatable bonds is 5. The van der Waals surface area contributed by atoms with Crippen LogP contribution in [0.4, 0.5) is 0 Å². The van der Waals surface area contributed by atoms with E-state index in [0.717, 1.165) is 49.3 Å². The van der Waals surface area contributed by atoms with E-state index < -0.39 is 5.41 Å². The lowest BCUT2D eigenvalue weighted by Crippen LogP contribution is -2.28. The first-order valence-electron chi connectivity index (χ1n) is 18.9. The Morgan fingerprint density at radius 2 is 1.18 bits per heavy atom. The Morgan fingerprint density at radius 3 is 1.95 bits per heavy atom. The molecule has 2 heterocycles. The van der Waals surface area contributed by atoms with Crippen LogP contribution in [-0.2, 0) is 5.41 Å². The van der Waals surface area contributed by atoms with Crippen molar-refractivity contribution in [3.05, 3.63) is 215 Å². The largest absolute Gasteiger partial charge is 0.292 e. The molecule has 0 amide bonds. The highest BCUT2D eigenvalue weighted by molar-refractivity contribution is 7.26. The molecule has 1 aliphatic rings. The van der Waals surface area contributed by atoms with Crippen molar-refractivity contribution < 1.29 is 0 Å². The number of imidazole rings is 1. The van der Waals surface area contributed by atoms with Crippen molar-refractivity contribution in [1.29, 1.82) is 10.5 Å². The quantitative estimate of drug-likeness (QED) is 0.176. The van der Waals surface area contributed by atoms with Crippen molar-refractivity contribution in [2.24, 2.45) is 0 Å². The van der Waals surface area contributed by atoms with Gasteiger partial charge in [0.2, 0.25) is 0 Å². The van der Waals surface area contributed by atoms with Gasteiger partial charge in [0.25, 0.3) is 0 Å². The third kappa shape index (κ3) is 4.80. The summed E-state index contributed by atoms with van der Waals surface area (Å²) in [7, 11) is 0. The molecule has 8 aromatic carbocycles. The molecule has 2 aromatic heterocycles. The van der Waals surface area contributed by atoms with Gasteiger partial charge in [-0.3, -0.25) is 4.57 Å². The van der Waals surface area contributed by atoms with Gasteiger partial charge in [0.05, 0.1) is 39.7 Å². The highest BCUT2D eigenvalue weighted by Gasteiger charge is 2.47. The van der Waals surface area contributed by atoms with Gasteiger partial charge in [0.15, 0.2) is 0 Å². The fraction of sp³-hybridized carbons (Fsp3) is 0.0192. The molecule has 1 aliphatic carbocycles. The number of hydrogen-bond donors (Lipinski definition) is 0. The van der Waals surface area contributed by atoms with Gasteiger partial charge in [-0.25, -0.2) is 4.98 Å². The molecule has 0 radical (unpaired) electrons. The Labute approximate surface area is 333 Å². The summed E-state index contributed by atoms with van der Waals surface area (Å²) in [5, 5.41) is 22.0. The summed E-state index contributed by atoms with van der Waals surface area (Å²) in [6.07, 6.45) is 0. The van der Waals surface area contributed by atoms with E-state index in [4.69, 9.17) is 4.98 Å². The van der Waals surface area contributed by atoms with Crippen LogP contribution in [0.1, 0.15) is 33.4 Å². The predicted molar refractivity (Wildman–Crippen MR) is 232 cm³/mol. The number of nitrogens with zero attached hydrogens (tertiary/aromatic N) is 4. The molecule has 1 atom stereocenters. The number of para-hydroxylation sites is 3. The zero-order valence-corrected chi connectivity index (χ0v) is 31.3. The maximum Gasteiger partial charge on any atom is 0.145 e. The smallest absolute Gasteiger partial charge is 0.145 e. The summed E-state index contributed by atoms with van der Waals surface area (Å²) >= 11 is 1.73. The van der Waals surface area contributed by atoms with E-state index in [1.165, 1.54) is 43.5 Å². The minimum Gasteiger partial charge on any atom is -0.292 e. The van der Waals surface area contributed by atoms with E-state index in [2.05, 4.69) is 150 Å². The van der Waals surface area contributed by atoms with Crippen LogP contribution in [0.15, 0.2) is 182 Å². The molecule has 0 bridgehead atoms. The highest BCUT2D eigenvalue weighted by atomic mass is 32.1. The lowest BCUT2D eigenvalue weighted by molar-refractivity contribution is 0.769. The fourth-order valence-electron chi connectivity index (χ4n) is 9.18. The van der Waals surface area contributed by atoms with Gasteiger partial charge >= 0.3 is 0 Å². The van der Waals surface area contributed by atoms with Crippen molar-refractivity contribution in [3.63, 3.8) is 0 Å². The van der Waals surface area contributed by atoms with Crippen LogP contribution in [-0.4, -0.2) is 9.55 Å². The number of thiophene rings is 1. The third-order valence-corrected chi connectivity index (χ3v) is 12.7. The van der Waals surface area contributed by atoms with Gasteiger partial charge in [-0.1, -0.05) is 127 Å². The van der Waals surface area contributed by atoms with Crippen molar-refractivity contribution in [2.75, 3.05) is 0 Å². The summed E-state index contributed by atoms with van der Waals surface area (Å²) < 4.78 is 4.48. The van der Waals surface area contributed by atoms with E-state index in [0.29, 0.717) is 11.1 Å². The van der Waals surface area contributed by atoms with Crippen molar-refractivity contribution in [1.82, 2.24) is 9.55 Å². The second kappa shape index (κ2) is 12.8. The van der Waals surface area contributed by atoms with E-state index in [-0.39, 0.29) is 0 Å². The molecule has 10 aromatic rings. The van der Waals surface area contributed by atoms with Gasteiger partial charge in [-0.2, -0.15) is 10.5 Å². The van der Waals surface area contributed by atoms with Crippen LogP contribution < -0.4 is 0 Å². The van der Waals surface area contributed by atoms with Crippen LogP contribution in [0.5, 0.6) is 0 Å². The molecule has 57 heavy (non-hydrogen) atoms. The first-order chi connectivity index (χ1) is 28.2. The van der Waals surface area contributed by atoms with Gasteiger partial charge in [0.1, 0.15) is 5.82 Å². The molecule has 5 heteroatoms.